The Bertz CT molecular complexity index is 802. The van der Waals surface area contributed by atoms with Crippen molar-refractivity contribution in [3.63, 3.8) is 0 Å². The van der Waals surface area contributed by atoms with E-state index in [0.29, 0.717) is 30.9 Å². The van der Waals surface area contributed by atoms with Gasteiger partial charge in [0.2, 0.25) is 11.8 Å². The summed E-state index contributed by atoms with van der Waals surface area (Å²) in [7, 11) is 0. The van der Waals surface area contributed by atoms with Crippen LogP contribution in [0.5, 0.6) is 0 Å². The number of thiazole rings is 1. The maximum Gasteiger partial charge on any atom is 0.226 e. The molecule has 7 heteroatoms. The molecule has 0 unspecified atom stereocenters. The normalized spacial score (nSPS) is 13.5. The van der Waals surface area contributed by atoms with Crippen LogP contribution in [0.4, 0.5) is 5.13 Å². The summed E-state index contributed by atoms with van der Waals surface area (Å²) in [6, 6.07) is 7.74. The van der Waals surface area contributed by atoms with Gasteiger partial charge in [0.05, 0.1) is 5.69 Å². The van der Waals surface area contributed by atoms with Crippen molar-refractivity contribution in [2.75, 3.05) is 11.9 Å². The lowest BCUT2D eigenvalue weighted by molar-refractivity contribution is -0.122. The van der Waals surface area contributed by atoms with Gasteiger partial charge in [-0.1, -0.05) is 29.8 Å². The van der Waals surface area contributed by atoms with Crippen molar-refractivity contribution in [1.29, 1.82) is 0 Å². The Morgan fingerprint density at radius 3 is 2.81 bits per heavy atom. The number of amides is 2. The minimum absolute atomic E-state index is 0.0799. The zero-order valence-corrected chi connectivity index (χ0v) is 16.3. The Hall–Kier alpha value is -1.92. The molecule has 1 aromatic heterocycles. The summed E-state index contributed by atoms with van der Waals surface area (Å²) < 4.78 is 0. The van der Waals surface area contributed by atoms with Crippen LogP contribution >= 0.6 is 22.9 Å². The Balaban J connectivity index is 1.46. The van der Waals surface area contributed by atoms with E-state index in [1.807, 2.05) is 31.2 Å². The van der Waals surface area contributed by atoms with E-state index < -0.39 is 0 Å². The van der Waals surface area contributed by atoms with E-state index in [0.717, 1.165) is 34.0 Å². The minimum Gasteiger partial charge on any atom is -0.356 e. The first-order chi connectivity index (χ1) is 12.5. The molecule has 1 heterocycles. The largest absolute Gasteiger partial charge is 0.356 e. The molecular formula is C19H22ClN3O2S. The molecule has 26 heavy (non-hydrogen) atoms. The highest BCUT2D eigenvalue weighted by Crippen LogP contribution is 2.29. The Morgan fingerprint density at radius 1 is 1.31 bits per heavy atom. The lowest BCUT2D eigenvalue weighted by atomic mass is 10.1. The van der Waals surface area contributed by atoms with E-state index in [9.17, 15) is 9.59 Å². The number of carbonyl (C=O) groups excluding carboxylic acids is 2. The van der Waals surface area contributed by atoms with Gasteiger partial charge in [-0.3, -0.25) is 9.59 Å². The van der Waals surface area contributed by atoms with Crippen molar-refractivity contribution in [2.45, 2.75) is 39.0 Å². The van der Waals surface area contributed by atoms with Crippen LogP contribution in [0.2, 0.25) is 5.02 Å². The first-order valence-corrected chi connectivity index (χ1v) is 9.99. The van der Waals surface area contributed by atoms with E-state index in [1.54, 1.807) is 0 Å². The number of anilines is 1. The fraction of sp³-hybridized carbons (Fsp3) is 0.421. The summed E-state index contributed by atoms with van der Waals surface area (Å²) in [5.41, 5.74) is 1.95. The monoisotopic (exact) mass is 391 g/mol. The highest BCUT2D eigenvalue weighted by atomic mass is 35.5. The van der Waals surface area contributed by atoms with Crippen LogP contribution in [0.1, 0.15) is 41.8 Å². The topological polar surface area (TPSA) is 71.1 Å². The molecule has 2 N–H and O–H groups in total. The quantitative estimate of drug-likeness (QED) is 0.669. The standard InChI is InChI=1S/C19H22ClN3O2S/c1-12-16(11-14-5-2-3-6-15(14)20)26-19(22-12)23-17(24)7-4-10-21-18(25)13-8-9-13/h2-3,5-6,13H,4,7-11H2,1H3,(H,21,25)(H,22,23,24). The van der Waals surface area contributed by atoms with Crippen LogP contribution in [-0.2, 0) is 16.0 Å². The molecule has 1 aliphatic rings. The molecule has 1 saturated carbocycles. The van der Waals surface area contributed by atoms with Crippen molar-refractivity contribution in [3.05, 3.63) is 45.4 Å². The molecule has 3 rings (SSSR count). The van der Waals surface area contributed by atoms with E-state index in [4.69, 9.17) is 11.6 Å². The number of nitrogens with zero attached hydrogens (tertiary/aromatic N) is 1. The zero-order chi connectivity index (χ0) is 18.5. The summed E-state index contributed by atoms with van der Waals surface area (Å²) in [6.45, 7) is 2.48. The molecule has 0 bridgehead atoms. The van der Waals surface area contributed by atoms with Gasteiger partial charge in [0, 0.05) is 35.2 Å². The molecule has 1 aromatic carbocycles. The second-order valence-electron chi connectivity index (χ2n) is 6.51. The van der Waals surface area contributed by atoms with E-state index in [1.165, 1.54) is 11.3 Å². The molecule has 138 valence electrons. The molecule has 2 aromatic rings. The zero-order valence-electron chi connectivity index (χ0n) is 14.7. The highest BCUT2D eigenvalue weighted by Gasteiger charge is 2.29. The van der Waals surface area contributed by atoms with Crippen molar-refractivity contribution < 1.29 is 9.59 Å². The number of nitrogens with one attached hydrogen (secondary N) is 2. The van der Waals surface area contributed by atoms with Crippen LogP contribution in [0, 0.1) is 12.8 Å². The lowest BCUT2D eigenvalue weighted by Gasteiger charge is -2.04. The van der Waals surface area contributed by atoms with Crippen molar-refractivity contribution in [2.24, 2.45) is 5.92 Å². The lowest BCUT2D eigenvalue weighted by Crippen LogP contribution is -2.26. The summed E-state index contributed by atoms with van der Waals surface area (Å²) in [6.07, 6.45) is 3.68. The average Bonchev–Trinajstić information content (AvgIpc) is 3.39. The third kappa shape index (κ3) is 5.29. The van der Waals surface area contributed by atoms with Crippen LogP contribution in [0.15, 0.2) is 24.3 Å². The Kier molecular flexibility index (Phi) is 6.27. The number of aromatic nitrogens is 1. The van der Waals surface area contributed by atoms with E-state index in [-0.39, 0.29) is 17.7 Å². The minimum atomic E-state index is -0.0799. The third-order valence-electron chi connectivity index (χ3n) is 4.28. The van der Waals surface area contributed by atoms with Gasteiger partial charge in [0.25, 0.3) is 0 Å². The number of carbonyl (C=O) groups is 2. The number of hydrogen-bond acceptors (Lipinski definition) is 4. The maximum atomic E-state index is 12.1. The summed E-state index contributed by atoms with van der Waals surface area (Å²) >= 11 is 7.69. The molecule has 1 aliphatic carbocycles. The fourth-order valence-corrected chi connectivity index (χ4v) is 3.80. The SMILES string of the molecule is Cc1nc(NC(=O)CCCNC(=O)C2CC2)sc1Cc1ccccc1Cl. The van der Waals surface area contributed by atoms with E-state index >= 15 is 0 Å². The predicted octanol–water partition coefficient (Wildman–Crippen LogP) is 3.94. The molecule has 0 radical (unpaired) electrons. The molecule has 0 atom stereocenters. The summed E-state index contributed by atoms with van der Waals surface area (Å²) in [5.74, 6) is 0.243. The van der Waals surface area contributed by atoms with Crippen LogP contribution in [0.3, 0.4) is 0 Å². The average molecular weight is 392 g/mol. The summed E-state index contributed by atoms with van der Waals surface area (Å²) in [5, 5.41) is 7.06. The van der Waals surface area contributed by atoms with Gasteiger partial charge in [0.15, 0.2) is 5.13 Å². The molecule has 0 saturated heterocycles. The number of hydrogen-bond donors (Lipinski definition) is 2. The molecule has 1 fully saturated rings. The number of rotatable bonds is 8. The summed E-state index contributed by atoms with van der Waals surface area (Å²) in [4.78, 5) is 29.1. The van der Waals surface area contributed by atoms with Gasteiger partial charge in [-0.05, 0) is 37.8 Å². The van der Waals surface area contributed by atoms with Gasteiger partial charge < -0.3 is 10.6 Å². The number of halogens is 1. The van der Waals surface area contributed by atoms with Gasteiger partial charge in [0.1, 0.15) is 0 Å². The second kappa shape index (κ2) is 8.64. The number of aryl methyl sites for hydroxylation is 1. The number of benzene rings is 1. The Labute approximate surface area is 162 Å². The van der Waals surface area contributed by atoms with Gasteiger partial charge in [-0.25, -0.2) is 4.98 Å². The van der Waals surface area contributed by atoms with Crippen LogP contribution in [-0.4, -0.2) is 23.3 Å². The smallest absolute Gasteiger partial charge is 0.226 e. The molecule has 5 nitrogen and oxygen atoms in total. The van der Waals surface area contributed by atoms with Crippen molar-refractivity contribution in [1.82, 2.24) is 10.3 Å². The van der Waals surface area contributed by atoms with Crippen LogP contribution in [0.25, 0.3) is 0 Å². The molecule has 2 amide bonds. The third-order valence-corrected chi connectivity index (χ3v) is 5.72. The Morgan fingerprint density at radius 2 is 2.08 bits per heavy atom. The molecular weight excluding hydrogens is 370 g/mol. The molecule has 0 spiro atoms. The second-order valence-corrected chi connectivity index (χ2v) is 8.00. The van der Waals surface area contributed by atoms with Crippen LogP contribution < -0.4 is 10.6 Å². The first kappa shape index (κ1) is 18.9. The van der Waals surface area contributed by atoms with Gasteiger partial charge >= 0.3 is 0 Å². The van der Waals surface area contributed by atoms with Gasteiger partial charge in [-0.15, -0.1) is 11.3 Å². The molecule has 0 aliphatic heterocycles. The van der Waals surface area contributed by atoms with Gasteiger partial charge in [-0.2, -0.15) is 0 Å². The van der Waals surface area contributed by atoms with Crippen molar-refractivity contribution >= 4 is 39.9 Å². The highest BCUT2D eigenvalue weighted by molar-refractivity contribution is 7.15. The fourth-order valence-electron chi connectivity index (χ4n) is 2.59. The predicted molar refractivity (Wildman–Crippen MR) is 105 cm³/mol. The van der Waals surface area contributed by atoms with E-state index in [2.05, 4.69) is 15.6 Å². The maximum absolute atomic E-state index is 12.1. The first-order valence-electron chi connectivity index (χ1n) is 8.80. The van der Waals surface area contributed by atoms with Crippen molar-refractivity contribution in [3.8, 4) is 0 Å².